The number of benzene rings is 2. The molecule has 0 aliphatic heterocycles. The maximum atomic E-state index is 13.9. The van der Waals surface area contributed by atoms with E-state index in [0.717, 1.165) is 16.2 Å². The summed E-state index contributed by atoms with van der Waals surface area (Å²) in [5.41, 5.74) is 5.47. The first kappa shape index (κ1) is 20.7. The number of nitrogens with two attached hydrogens (primary N) is 1. The predicted molar refractivity (Wildman–Crippen MR) is 111 cm³/mol. The molecule has 0 atom stereocenters. The van der Waals surface area contributed by atoms with Crippen molar-refractivity contribution in [2.24, 2.45) is 5.73 Å². The molecule has 0 spiro atoms. The molecule has 29 heavy (non-hydrogen) atoms. The standard InChI is InChI=1S/C20H17FN2O4S2/c1-26-11-7-8-15(27-2)16(9-11)28-17-10-13(18(22)24)20(29-17)23-19(25)12-5-3-4-6-14(12)21/h3-10H,1-2H3,(H2,22,24)(H,23,25). The summed E-state index contributed by atoms with van der Waals surface area (Å²) >= 11 is 2.48. The number of rotatable bonds is 7. The van der Waals surface area contributed by atoms with Gasteiger partial charge in [0.25, 0.3) is 11.8 Å². The van der Waals surface area contributed by atoms with E-state index in [2.05, 4.69) is 5.32 Å². The van der Waals surface area contributed by atoms with Crippen LogP contribution in [-0.4, -0.2) is 26.0 Å². The Kier molecular flexibility index (Phi) is 6.40. The number of methoxy groups -OCH3 is 2. The van der Waals surface area contributed by atoms with Crippen LogP contribution in [0.3, 0.4) is 0 Å². The molecule has 3 rings (SSSR count). The van der Waals surface area contributed by atoms with Gasteiger partial charge < -0.3 is 20.5 Å². The number of primary amides is 1. The second-order valence-corrected chi connectivity index (χ2v) is 8.12. The summed E-state index contributed by atoms with van der Waals surface area (Å²) in [5, 5.41) is 2.82. The number of nitrogens with one attached hydrogen (secondary N) is 1. The zero-order valence-corrected chi connectivity index (χ0v) is 17.2. The van der Waals surface area contributed by atoms with Gasteiger partial charge in [-0.3, -0.25) is 9.59 Å². The van der Waals surface area contributed by atoms with Gasteiger partial charge in [0, 0.05) is 0 Å². The molecule has 1 heterocycles. The highest BCUT2D eigenvalue weighted by molar-refractivity contribution is 8.01. The van der Waals surface area contributed by atoms with E-state index in [1.54, 1.807) is 44.6 Å². The average molecular weight is 432 g/mol. The molecule has 2 amide bonds. The summed E-state index contributed by atoms with van der Waals surface area (Å²) in [7, 11) is 3.11. The minimum Gasteiger partial charge on any atom is -0.497 e. The number of carbonyl (C=O) groups excluding carboxylic acids is 2. The first-order valence-electron chi connectivity index (χ1n) is 8.32. The van der Waals surface area contributed by atoms with Crippen LogP contribution in [-0.2, 0) is 0 Å². The Morgan fingerprint density at radius 1 is 1.07 bits per heavy atom. The van der Waals surface area contributed by atoms with Crippen molar-refractivity contribution in [2.75, 3.05) is 19.5 Å². The van der Waals surface area contributed by atoms with E-state index in [-0.39, 0.29) is 16.1 Å². The summed E-state index contributed by atoms with van der Waals surface area (Å²) in [4.78, 5) is 25.0. The van der Waals surface area contributed by atoms with Gasteiger partial charge in [0.2, 0.25) is 0 Å². The van der Waals surface area contributed by atoms with Crippen LogP contribution in [0.2, 0.25) is 0 Å². The molecule has 3 N–H and O–H groups in total. The van der Waals surface area contributed by atoms with Gasteiger partial charge in [-0.2, -0.15) is 0 Å². The van der Waals surface area contributed by atoms with Gasteiger partial charge in [-0.15, -0.1) is 11.3 Å². The fraction of sp³-hybridized carbons (Fsp3) is 0.100. The molecule has 2 aromatic carbocycles. The largest absolute Gasteiger partial charge is 0.497 e. The third-order valence-electron chi connectivity index (χ3n) is 3.90. The second kappa shape index (κ2) is 8.97. The molecule has 1 aromatic heterocycles. The molecular formula is C20H17FN2O4S2. The van der Waals surface area contributed by atoms with Gasteiger partial charge in [-0.25, -0.2) is 4.39 Å². The molecule has 0 aliphatic carbocycles. The summed E-state index contributed by atoms with van der Waals surface area (Å²) < 4.78 is 25.2. The second-order valence-electron chi connectivity index (χ2n) is 5.73. The van der Waals surface area contributed by atoms with E-state index in [1.165, 1.54) is 30.0 Å². The lowest BCUT2D eigenvalue weighted by atomic mass is 10.2. The highest BCUT2D eigenvalue weighted by Gasteiger charge is 2.20. The van der Waals surface area contributed by atoms with Gasteiger partial charge >= 0.3 is 0 Å². The Morgan fingerprint density at radius 3 is 2.48 bits per heavy atom. The zero-order chi connectivity index (χ0) is 21.0. The molecule has 0 aliphatic rings. The maximum absolute atomic E-state index is 13.9. The topological polar surface area (TPSA) is 90.7 Å². The number of halogens is 1. The van der Waals surface area contributed by atoms with Crippen LogP contribution in [0.5, 0.6) is 11.5 Å². The van der Waals surface area contributed by atoms with Crippen LogP contribution in [0.15, 0.2) is 57.6 Å². The minimum atomic E-state index is -0.699. The van der Waals surface area contributed by atoms with Crippen LogP contribution < -0.4 is 20.5 Å². The Morgan fingerprint density at radius 2 is 1.83 bits per heavy atom. The van der Waals surface area contributed by atoms with E-state index >= 15 is 0 Å². The Balaban J connectivity index is 1.91. The Hall–Kier alpha value is -3.04. The van der Waals surface area contributed by atoms with Gasteiger partial charge in [-0.05, 0) is 36.4 Å². The monoisotopic (exact) mass is 432 g/mol. The summed E-state index contributed by atoms with van der Waals surface area (Å²) in [5.74, 6) is -0.745. The molecule has 6 nitrogen and oxygen atoms in total. The van der Waals surface area contributed by atoms with E-state index < -0.39 is 17.6 Å². The quantitative estimate of drug-likeness (QED) is 0.577. The Labute approximate surface area is 174 Å². The third kappa shape index (κ3) is 4.69. The highest BCUT2D eigenvalue weighted by Crippen LogP contribution is 2.43. The van der Waals surface area contributed by atoms with Crippen molar-refractivity contribution < 1.29 is 23.5 Å². The van der Waals surface area contributed by atoms with Gasteiger partial charge in [0.15, 0.2) is 0 Å². The van der Waals surface area contributed by atoms with Crippen LogP contribution in [0.25, 0.3) is 0 Å². The van der Waals surface area contributed by atoms with Gasteiger partial charge in [-0.1, -0.05) is 23.9 Å². The van der Waals surface area contributed by atoms with Crippen molar-refractivity contribution in [3.05, 3.63) is 65.5 Å². The van der Waals surface area contributed by atoms with Crippen molar-refractivity contribution in [1.82, 2.24) is 0 Å². The van der Waals surface area contributed by atoms with E-state index in [4.69, 9.17) is 15.2 Å². The Bertz CT molecular complexity index is 1070. The molecular weight excluding hydrogens is 415 g/mol. The first-order chi connectivity index (χ1) is 13.9. The molecule has 0 radical (unpaired) electrons. The normalized spacial score (nSPS) is 10.4. The lowest BCUT2D eigenvalue weighted by molar-refractivity contribution is 0.100. The first-order valence-corrected chi connectivity index (χ1v) is 9.95. The molecule has 150 valence electrons. The van der Waals surface area contributed by atoms with Crippen LogP contribution in [0.4, 0.5) is 9.39 Å². The molecule has 0 unspecified atom stereocenters. The van der Waals surface area contributed by atoms with E-state index in [0.29, 0.717) is 15.7 Å². The number of hydrogen-bond acceptors (Lipinski definition) is 6. The van der Waals surface area contributed by atoms with Crippen LogP contribution >= 0.6 is 23.1 Å². The number of amides is 2. The van der Waals surface area contributed by atoms with Crippen molar-refractivity contribution in [2.45, 2.75) is 9.10 Å². The number of anilines is 1. The summed E-state index contributed by atoms with van der Waals surface area (Å²) in [6.07, 6.45) is 0. The predicted octanol–water partition coefficient (Wildman–Crippen LogP) is 4.41. The molecule has 0 saturated heterocycles. The number of thiophene rings is 1. The summed E-state index contributed by atoms with van der Waals surface area (Å²) in [6.45, 7) is 0. The number of hydrogen-bond donors (Lipinski definition) is 2. The van der Waals surface area contributed by atoms with Crippen LogP contribution in [0, 0.1) is 5.82 Å². The van der Waals surface area contributed by atoms with Gasteiger partial charge in [0.05, 0.1) is 34.5 Å². The number of carbonyl (C=O) groups is 2. The zero-order valence-electron chi connectivity index (χ0n) is 15.5. The van der Waals surface area contributed by atoms with E-state index in [9.17, 15) is 14.0 Å². The third-order valence-corrected chi connectivity index (χ3v) is 6.10. The fourth-order valence-corrected chi connectivity index (χ4v) is 4.78. The highest BCUT2D eigenvalue weighted by atomic mass is 32.2. The number of ether oxygens (including phenoxy) is 2. The smallest absolute Gasteiger partial charge is 0.259 e. The van der Waals surface area contributed by atoms with Gasteiger partial charge in [0.1, 0.15) is 22.3 Å². The lowest BCUT2D eigenvalue weighted by Gasteiger charge is -2.09. The van der Waals surface area contributed by atoms with Crippen molar-refractivity contribution in [3.63, 3.8) is 0 Å². The molecule has 9 heteroatoms. The fourth-order valence-electron chi connectivity index (χ4n) is 2.48. The van der Waals surface area contributed by atoms with E-state index in [1.807, 2.05) is 0 Å². The molecule has 3 aromatic rings. The summed E-state index contributed by atoms with van der Waals surface area (Å²) in [6, 6.07) is 12.5. The minimum absolute atomic E-state index is 0.125. The molecule has 0 bridgehead atoms. The molecule has 0 saturated carbocycles. The SMILES string of the molecule is COc1ccc(OC)c(Sc2cc(C(N)=O)c(NC(=O)c3ccccc3F)s2)c1. The molecule has 0 fully saturated rings. The lowest BCUT2D eigenvalue weighted by Crippen LogP contribution is -2.17. The van der Waals surface area contributed by atoms with Crippen molar-refractivity contribution in [1.29, 1.82) is 0 Å². The van der Waals surface area contributed by atoms with Crippen molar-refractivity contribution in [3.8, 4) is 11.5 Å². The van der Waals surface area contributed by atoms with Crippen molar-refractivity contribution >= 4 is 39.9 Å². The van der Waals surface area contributed by atoms with Crippen LogP contribution in [0.1, 0.15) is 20.7 Å². The maximum Gasteiger partial charge on any atom is 0.259 e. The average Bonchev–Trinajstić information content (AvgIpc) is 3.10.